The number of allylic oxidation sites excluding steroid dienone is 2. The highest BCUT2D eigenvalue weighted by Gasteiger charge is 2.48. The number of hydrogen-bond acceptors (Lipinski definition) is 3. The first kappa shape index (κ1) is 11.8. The second-order valence-corrected chi connectivity index (χ2v) is 6.75. The average molecular weight is 259 g/mol. The number of piperidine rings is 1. The summed E-state index contributed by atoms with van der Waals surface area (Å²) in [5.74, 6) is 3.34. The number of fused-ring (bicyclic) bond motifs is 5. The second kappa shape index (κ2) is 4.27. The van der Waals surface area contributed by atoms with E-state index >= 15 is 0 Å². The molecule has 102 valence electrons. The summed E-state index contributed by atoms with van der Waals surface area (Å²) < 4.78 is 0. The number of hydrogen-bond donors (Lipinski definition) is 1. The summed E-state index contributed by atoms with van der Waals surface area (Å²) in [6.45, 7) is 1.01. The van der Waals surface area contributed by atoms with E-state index in [1.165, 1.54) is 0 Å². The Labute approximate surface area is 113 Å². The van der Waals surface area contributed by atoms with Crippen molar-refractivity contribution in [2.75, 3.05) is 6.54 Å². The number of carbonyl (C=O) groups is 2. The van der Waals surface area contributed by atoms with Crippen LogP contribution in [0.4, 0.5) is 0 Å². The highest BCUT2D eigenvalue weighted by Crippen LogP contribution is 2.49. The van der Waals surface area contributed by atoms with Gasteiger partial charge in [0.05, 0.1) is 0 Å². The molecule has 3 heteroatoms. The summed E-state index contributed by atoms with van der Waals surface area (Å²) in [6, 6.07) is 0.412. The van der Waals surface area contributed by atoms with Gasteiger partial charge in [0.25, 0.3) is 0 Å². The van der Waals surface area contributed by atoms with Crippen molar-refractivity contribution in [3.8, 4) is 0 Å². The molecule has 1 heterocycles. The summed E-state index contributed by atoms with van der Waals surface area (Å²) in [6.07, 6.45) is 7.68. The van der Waals surface area contributed by atoms with Gasteiger partial charge in [-0.15, -0.1) is 0 Å². The molecule has 19 heavy (non-hydrogen) atoms. The lowest BCUT2D eigenvalue weighted by molar-refractivity contribution is -0.123. The minimum Gasteiger partial charge on any atom is -0.313 e. The molecule has 2 saturated carbocycles. The van der Waals surface area contributed by atoms with Crippen molar-refractivity contribution in [3.05, 3.63) is 11.6 Å². The average Bonchev–Trinajstić information content (AvgIpc) is 2.80. The lowest BCUT2D eigenvalue weighted by Crippen LogP contribution is -2.55. The molecule has 0 amide bonds. The maximum absolute atomic E-state index is 11.9. The van der Waals surface area contributed by atoms with Crippen LogP contribution in [-0.4, -0.2) is 24.2 Å². The van der Waals surface area contributed by atoms with E-state index in [4.69, 9.17) is 0 Å². The zero-order valence-corrected chi connectivity index (χ0v) is 11.2. The largest absolute Gasteiger partial charge is 0.313 e. The fourth-order valence-corrected chi connectivity index (χ4v) is 5.08. The maximum Gasteiger partial charge on any atom is 0.158 e. The summed E-state index contributed by atoms with van der Waals surface area (Å²) >= 11 is 0. The van der Waals surface area contributed by atoms with E-state index in [0.717, 1.165) is 50.6 Å². The van der Waals surface area contributed by atoms with Crippen molar-refractivity contribution in [1.82, 2.24) is 5.32 Å². The summed E-state index contributed by atoms with van der Waals surface area (Å²) in [4.78, 5) is 23.5. The molecule has 3 fully saturated rings. The van der Waals surface area contributed by atoms with Crippen LogP contribution in [0.5, 0.6) is 0 Å². The summed E-state index contributed by atoms with van der Waals surface area (Å²) in [5, 5.41) is 3.62. The molecule has 4 aliphatic rings. The predicted molar refractivity (Wildman–Crippen MR) is 71.5 cm³/mol. The van der Waals surface area contributed by atoms with Gasteiger partial charge in [0, 0.05) is 25.3 Å². The number of ketones is 2. The van der Waals surface area contributed by atoms with Crippen molar-refractivity contribution in [1.29, 1.82) is 0 Å². The molecule has 0 aromatic carbocycles. The molecule has 0 aromatic rings. The van der Waals surface area contributed by atoms with Crippen molar-refractivity contribution < 1.29 is 9.59 Å². The van der Waals surface area contributed by atoms with Crippen molar-refractivity contribution in [3.63, 3.8) is 0 Å². The van der Waals surface area contributed by atoms with Crippen LogP contribution in [0.15, 0.2) is 11.6 Å². The van der Waals surface area contributed by atoms with Crippen molar-refractivity contribution in [2.45, 2.75) is 44.6 Å². The number of rotatable bonds is 0. The van der Waals surface area contributed by atoms with Gasteiger partial charge >= 0.3 is 0 Å². The number of Topliss-reactive ketones (excluding diaryl/α,β-unsaturated/α-hetero) is 2. The van der Waals surface area contributed by atoms with E-state index in [-0.39, 0.29) is 0 Å². The Hall–Kier alpha value is -0.960. The second-order valence-electron chi connectivity index (χ2n) is 6.75. The highest BCUT2D eigenvalue weighted by atomic mass is 16.1. The first-order chi connectivity index (χ1) is 9.24. The molecule has 4 rings (SSSR count). The van der Waals surface area contributed by atoms with Crippen LogP contribution in [0.2, 0.25) is 0 Å². The van der Waals surface area contributed by atoms with E-state index in [0.29, 0.717) is 41.3 Å². The van der Waals surface area contributed by atoms with Gasteiger partial charge in [0.1, 0.15) is 5.78 Å². The molecular weight excluding hydrogens is 238 g/mol. The third-order valence-corrected chi connectivity index (χ3v) is 5.97. The van der Waals surface area contributed by atoms with Gasteiger partial charge in [-0.1, -0.05) is 6.08 Å². The molecule has 5 unspecified atom stereocenters. The molecule has 0 spiro atoms. The van der Waals surface area contributed by atoms with E-state index in [1.807, 2.05) is 0 Å². The van der Waals surface area contributed by atoms with Gasteiger partial charge in [-0.25, -0.2) is 0 Å². The SMILES string of the molecule is O=C1CCC2C(C1)NCC1C3CCC(=O)C3=CCC21. The molecule has 5 atom stereocenters. The summed E-state index contributed by atoms with van der Waals surface area (Å²) in [7, 11) is 0. The lowest BCUT2D eigenvalue weighted by atomic mass is 9.61. The van der Waals surface area contributed by atoms with Crippen LogP contribution in [-0.2, 0) is 9.59 Å². The fourth-order valence-electron chi connectivity index (χ4n) is 5.08. The normalized spacial score (nSPS) is 45.3. The number of carbonyl (C=O) groups excluding carboxylic acids is 2. The smallest absolute Gasteiger partial charge is 0.158 e. The Morgan fingerprint density at radius 2 is 1.95 bits per heavy atom. The zero-order valence-electron chi connectivity index (χ0n) is 11.2. The van der Waals surface area contributed by atoms with Gasteiger partial charge < -0.3 is 5.32 Å². The third kappa shape index (κ3) is 1.74. The summed E-state index contributed by atoms with van der Waals surface area (Å²) in [5.41, 5.74) is 1.13. The van der Waals surface area contributed by atoms with Gasteiger partial charge in [-0.05, 0) is 55.1 Å². The van der Waals surface area contributed by atoms with E-state index in [9.17, 15) is 9.59 Å². The molecule has 1 aliphatic heterocycles. The van der Waals surface area contributed by atoms with Crippen LogP contribution >= 0.6 is 0 Å². The Balaban J connectivity index is 1.61. The van der Waals surface area contributed by atoms with E-state index in [2.05, 4.69) is 11.4 Å². The minimum absolute atomic E-state index is 0.393. The first-order valence-electron chi connectivity index (χ1n) is 7.72. The minimum atomic E-state index is 0.393. The van der Waals surface area contributed by atoms with Gasteiger partial charge in [-0.2, -0.15) is 0 Å². The standard InChI is InChI=1S/C16H21NO2/c18-9-1-2-12-10-3-4-13-11(5-6-16(13)19)14(10)8-17-15(12)7-9/h4,10-12,14-15,17H,1-3,5-8H2. The van der Waals surface area contributed by atoms with Gasteiger partial charge in [0.15, 0.2) is 5.78 Å². The molecule has 1 saturated heterocycles. The van der Waals surface area contributed by atoms with Crippen LogP contribution in [0.1, 0.15) is 38.5 Å². The fraction of sp³-hybridized carbons (Fsp3) is 0.750. The lowest BCUT2D eigenvalue weighted by Gasteiger charge is -2.49. The molecule has 0 radical (unpaired) electrons. The van der Waals surface area contributed by atoms with Crippen LogP contribution in [0.25, 0.3) is 0 Å². The Morgan fingerprint density at radius 3 is 2.84 bits per heavy atom. The Bertz CT molecular complexity index is 467. The Kier molecular flexibility index (Phi) is 2.66. The quantitative estimate of drug-likeness (QED) is 0.722. The van der Waals surface area contributed by atoms with Crippen LogP contribution < -0.4 is 5.32 Å². The van der Waals surface area contributed by atoms with Crippen molar-refractivity contribution >= 4 is 11.6 Å². The van der Waals surface area contributed by atoms with Gasteiger partial charge in [-0.3, -0.25) is 9.59 Å². The van der Waals surface area contributed by atoms with Crippen LogP contribution in [0.3, 0.4) is 0 Å². The predicted octanol–water partition coefficient (Wildman–Crippen LogP) is 1.87. The Morgan fingerprint density at radius 1 is 1.05 bits per heavy atom. The molecule has 3 nitrogen and oxygen atoms in total. The van der Waals surface area contributed by atoms with Crippen LogP contribution in [0, 0.1) is 23.7 Å². The monoisotopic (exact) mass is 259 g/mol. The molecule has 3 aliphatic carbocycles. The highest BCUT2D eigenvalue weighted by molar-refractivity contribution is 5.98. The number of nitrogens with one attached hydrogen (secondary N) is 1. The molecule has 0 aromatic heterocycles. The van der Waals surface area contributed by atoms with Crippen molar-refractivity contribution in [2.24, 2.45) is 23.7 Å². The van der Waals surface area contributed by atoms with Gasteiger partial charge in [0.2, 0.25) is 0 Å². The van der Waals surface area contributed by atoms with E-state index in [1.54, 1.807) is 0 Å². The topological polar surface area (TPSA) is 46.2 Å². The molecular formula is C16H21NO2. The van der Waals surface area contributed by atoms with E-state index < -0.39 is 0 Å². The maximum atomic E-state index is 11.9. The third-order valence-electron chi connectivity index (χ3n) is 5.97. The molecule has 1 N–H and O–H groups in total. The molecule has 0 bridgehead atoms. The first-order valence-corrected chi connectivity index (χ1v) is 7.72. The zero-order chi connectivity index (χ0) is 13.0.